The molecule has 1 amide bonds. The molecule has 20 heavy (non-hydrogen) atoms. The van der Waals surface area contributed by atoms with Gasteiger partial charge in [0.15, 0.2) is 0 Å². The van der Waals surface area contributed by atoms with Crippen molar-refractivity contribution in [2.24, 2.45) is 0 Å². The number of carbonyl (C=O) groups excluding carboxylic acids is 1. The van der Waals surface area contributed by atoms with Gasteiger partial charge in [-0.2, -0.15) is 0 Å². The summed E-state index contributed by atoms with van der Waals surface area (Å²) in [4.78, 5) is 13.9. The molecule has 0 unspecified atom stereocenters. The van der Waals surface area contributed by atoms with E-state index in [1.165, 1.54) is 12.1 Å². The number of rotatable bonds is 7. The number of aliphatic hydroxyl groups excluding tert-OH is 1. The number of anilines is 1. The molecule has 1 aromatic rings. The van der Waals surface area contributed by atoms with Crippen molar-refractivity contribution in [2.75, 3.05) is 25.0 Å². The van der Waals surface area contributed by atoms with Crippen LogP contribution >= 0.6 is 15.9 Å². The fourth-order valence-corrected chi connectivity index (χ4v) is 2.43. The number of hydrogen-bond donors (Lipinski definition) is 2. The van der Waals surface area contributed by atoms with Crippen LogP contribution in [-0.2, 0) is 4.79 Å². The highest BCUT2D eigenvalue weighted by Crippen LogP contribution is 2.26. The number of benzene rings is 1. The molecule has 1 aliphatic rings. The van der Waals surface area contributed by atoms with E-state index < -0.39 is 5.82 Å². The van der Waals surface area contributed by atoms with E-state index in [2.05, 4.69) is 26.1 Å². The topological polar surface area (TPSA) is 52.6 Å². The molecule has 4 nitrogen and oxygen atoms in total. The molecule has 0 atom stereocenters. The van der Waals surface area contributed by atoms with Crippen molar-refractivity contribution in [3.05, 3.63) is 28.5 Å². The molecule has 0 saturated heterocycles. The molecule has 110 valence electrons. The maximum absolute atomic E-state index is 13.6. The van der Waals surface area contributed by atoms with Gasteiger partial charge in [-0.3, -0.25) is 9.69 Å². The summed E-state index contributed by atoms with van der Waals surface area (Å²) in [5.74, 6) is -0.669. The van der Waals surface area contributed by atoms with E-state index in [1.807, 2.05) is 0 Å². The standard InChI is InChI=1S/C14H18BrFN2O2/c15-10-1-4-13(12(16)9-10)17-14(20)5-6-18(7-8-19)11-2-3-11/h1,4,9,11,19H,2-3,5-8H2,(H,17,20). The summed E-state index contributed by atoms with van der Waals surface area (Å²) in [7, 11) is 0. The van der Waals surface area contributed by atoms with Gasteiger partial charge >= 0.3 is 0 Å². The lowest BCUT2D eigenvalue weighted by molar-refractivity contribution is -0.116. The van der Waals surface area contributed by atoms with Crippen LogP contribution in [0.5, 0.6) is 0 Å². The molecule has 1 aliphatic carbocycles. The maximum Gasteiger partial charge on any atom is 0.225 e. The summed E-state index contributed by atoms with van der Waals surface area (Å²) in [6.07, 6.45) is 2.55. The second-order valence-electron chi connectivity index (χ2n) is 4.91. The molecule has 0 aliphatic heterocycles. The van der Waals surface area contributed by atoms with Gasteiger partial charge in [0.1, 0.15) is 5.82 Å². The van der Waals surface area contributed by atoms with E-state index in [-0.39, 0.29) is 18.2 Å². The summed E-state index contributed by atoms with van der Waals surface area (Å²) < 4.78 is 14.2. The predicted octanol–water partition coefficient (Wildman–Crippen LogP) is 2.37. The largest absolute Gasteiger partial charge is 0.395 e. The number of hydrogen-bond acceptors (Lipinski definition) is 3. The van der Waals surface area contributed by atoms with E-state index in [0.29, 0.717) is 30.0 Å². The molecule has 1 fully saturated rings. The number of halogens is 2. The second kappa shape index (κ2) is 7.15. The number of aliphatic hydroxyl groups is 1. The molecular formula is C14H18BrFN2O2. The van der Waals surface area contributed by atoms with Crippen molar-refractivity contribution in [1.29, 1.82) is 0 Å². The van der Waals surface area contributed by atoms with Crippen molar-refractivity contribution in [3.63, 3.8) is 0 Å². The molecule has 6 heteroatoms. The van der Waals surface area contributed by atoms with Crippen LogP contribution < -0.4 is 5.32 Å². The zero-order valence-electron chi connectivity index (χ0n) is 11.1. The number of nitrogens with one attached hydrogen (secondary N) is 1. The lowest BCUT2D eigenvalue weighted by Gasteiger charge is -2.20. The Morgan fingerprint density at radius 2 is 2.20 bits per heavy atom. The molecule has 1 saturated carbocycles. The van der Waals surface area contributed by atoms with Crippen molar-refractivity contribution in [1.82, 2.24) is 4.90 Å². The highest BCUT2D eigenvalue weighted by molar-refractivity contribution is 9.10. The predicted molar refractivity (Wildman–Crippen MR) is 79.0 cm³/mol. The Kier molecular flexibility index (Phi) is 5.51. The van der Waals surface area contributed by atoms with E-state index in [1.54, 1.807) is 6.07 Å². The summed E-state index contributed by atoms with van der Waals surface area (Å²) >= 11 is 3.17. The smallest absolute Gasteiger partial charge is 0.225 e. The first-order valence-corrected chi connectivity index (χ1v) is 7.49. The van der Waals surface area contributed by atoms with Crippen LogP contribution in [0.2, 0.25) is 0 Å². The SMILES string of the molecule is O=C(CCN(CCO)C1CC1)Nc1ccc(Br)cc1F. The van der Waals surface area contributed by atoms with Crippen LogP contribution in [0.3, 0.4) is 0 Å². The van der Waals surface area contributed by atoms with Crippen molar-refractivity contribution in [2.45, 2.75) is 25.3 Å². The fraction of sp³-hybridized carbons (Fsp3) is 0.500. The van der Waals surface area contributed by atoms with Crippen LogP contribution in [0.1, 0.15) is 19.3 Å². The van der Waals surface area contributed by atoms with Crippen LogP contribution in [0.15, 0.2) is 22.7 Å². The summed E-state index contributed by atoms with van der Waals surface area (Å²) in [5.41, 5.74) is 0.193. The molecule has 0 aromatic heterocycles. The lowest BCUT2D eigenvalue weighted by atomic mass is 10.3. The summed E-state index contributed by atoms with van der Waals surface area (Å²) in [6.45, 7) is 1.28. The highest BCUT2D eigenvalue weighted by Gasteiger charge is 2.28. The third kappa shape index (κ3) is 4.54. The van der Waals surface area contributed by atoms with Crippen molar-refractivity contribution >= 4 is 27.5 Å². The van der Waals surface area contributed by atoms with Gasteiger partial charge in [0.05, 0.1) is 12.3 Å². The minimum absolute atomic E-state index is 0.0967. The molecule has 0 bridgehead atoms. The molecular weight excluding hydrogens is 327 g/mol. The molecule has 0 heterocycles. The zero-order chi connectivity index (χ0) is 14.5. The van der Waals surface area contributed by atoms with E-state index in [0.717, 1.165) is 12.8 Å². The first kappa shape index (κ1) is 15.4. The average Bonchev–Trinajstić information content (AvgIpc) is 3.22. The first-order valence-electron chi connectivity index (χ1n) is 6.70. The monoisotopic (exact) mass is 344 g/mol. The van der Waals surface area contributed by atoms with Gasteiger partial charge in [0, 0.05) is 30.0 Å². The quantitative estimate of drug-likeness (QED) is 0.798. The number of amides is 1. The first-order chi connectivity index (χ1) is 9.60. The van der Waals surface area contributed by atoms with E-state index in [4.69, 9.17) is 5.11 Å². The maximum atomic E-state index is 13.6. The summed E-state index contributed by atoms with van der Waals surface area (Å²) in [5, 5.41) is 11.6. The average molecular weight is 345 g/mol. The Bertz CT molecular complexity index is 480. The Morgan fingerprint density at radius 3 is 2.80 bits per heavy atom. The lowest BCUT2D eigenvalue weighted by Crippen LogP contribution is -2.32. The Hall–Kier alpha value is -0.980. The zero-order valence-corrected chi connectivity index (χ0v) is 12.7. The van der Waals surface area contributed by atoms with Crippen molar-refractivity contribution in [3.8, 4) is 0 Å². The fourth-order valence-electron chi connectivity index (χ4n) is 2.09. The highest BCUT2D eigenvalue weighted by atomic mass is 79.9. The Morgan fingerprint density at radius 1 is 1.45 bits per heavy atom. The van der Waals surface area contributed by atoms with Gasteiger partial charge in [-0.05, 0) is 31.0 Å². The van der Waals surface area contributed by atoms with Crippen LogP contribution in [0, 0.1) is 5.82 Å². The van der Waals surface area contributed by atoms with E-state index in [9.17, 15) is 9.18 Å². The van der Waals surface area contributed by atoms with Gasteiger partial charge in [0.2, 0.25) is 5.91 Å². The van der Waals surface area contributed by atoms with Crippen LogP contribution in [-0.4, -0.2) is 41.7 Å². The van der Waals surface area contributed by atoms with Crippen LogP contribution in [0.4, 0.5) is 10.1 Å². The third-order valence-electron chi connectivity index (χ3n) is 3.28. The molecule has 2 rings (SSSR count). The van der Waals surface area contributed by atoms with Gasteiger partial charge < -0.3 is 10.4 Å². The van der Waals surface area contributed by atoms with Gasteiger partial charge in [-0.1, -0.05) is 15.9 Å². The van der Waals surface area contributed by atoms with E-state index >= 15 is 0 Å². The molecule has 0 spiro atoms. The Balaban J connectivity index is 1.82. The van der Waals surface area contributed by atoms with Gasteiger partial charge in [-0.25, -0.2) is 4.39 Å². The number of carbonyl (C=O) groups is 1. The molecule has 0 radical (unpaired) electrons. The van der Waals surface area contributed by atoms with Gasteiger partial charge in [0.25, 0.3) is 0 Å². The van der Waals surface area contributed by atoms with Gasteiger partial charge in [-0.15, -0.1) is 0 Å². The minimum Gasteiger partial charge on any atom is -0.395 e. The normalized spacial score (nSPS) is 14.6. The number of nitrogens with zero attached hydrogens (tertiary/aromatic N) is 1. The second-order valence-corrected chi connectivity index (χ2v) is 5.83. The minimum atomic E-state index is -0.456. The van der Waals surface area contributed by atoms with Crippen LogP contribution in [0.25, 0.3) is 0 Å². The molecule has 1 aromatic carbocycles. The van der Waals surface area contributed by atoms with Crippen molar-refractivity contribution < 1.29 is 14.3 Å². The molecule has 2 N–H and O–H groups in total. The summed E-state index contributed by atoms with van der Waals surface area (Å²) in [6, 6.07) is 5.03. The Labute approximate surface area is 126 Å². The third-order valence-corrected chi connectivity index (χ3v) is 3.78.